The maximum absolute atomic E-state index is 13.6. The van der Waals surface area contributed by atoms with Crippen LogP contribution in [0.3, 0.4) is 0 Å². The molecule has 0 aromatic heterocycles. The molecule has 0 aliphatic carbocycles. The minimum absolute atomic E-state index is 0.0273. The third kappa shape index (κ3) is 5.36. The average molecular weight is 520 g/mol. The Morgan fingerprint density at radius 1 is 1.20 bits per heavy atom. The molecule has 0 bridgehead atoms. The van der Waals surface area contributed by atoms with Crippen LogP contribution in [-0.2, 0) is 19.4 Å². The van der Waals surface area contributed by atoms with E-state index in [1.165, 1.54) is 12.1 Å². The lowest BCUT2D eigenvalue weighted by Gasteiger charge is -2.29. The molecular formula is C18H16BrF2N3O4S2. The molecule has 1 aliphatic heterocycles. The SMILES string of the molecule is O=C(CSC1NCC(S(=O)(=O)c2ccc(Br)cc2)C(=O)N1)Nc1ccc(F)cc1F. The van der Waals surface area contributed by atoms with Gasteiger partial charge in [-0.15, -0.1) is 11.8 Å². The molecule has 2 aromatic carbocycles. The van der Waals surface area contributed by atoms with Crippen LogP contribution in [-0.4, -0.2) is 43.3 Å². The normalized spacial score (nSPS) is 19.2. The summed E-state index contributed by atoms with van der Waals surface area (Å²) in [5.41, 5.74) is -0.860. The molecule has 3 N–H and O–H groups in total. The molecule has 12 heteroatoms. The summed E-state index contributed by atoms with van der Waals surface area (Å²) in [6.07, 6.45) is 0. The number of halogens is 3. The van der Waals surface area contributed by atoms with E-state index < -0.39 is 44.0 Å². The molecule has 2 atom stereocenters. The summed E-state index contributed by atoms with van der Waals surface area (Å²) in [6.45, 7) is -0.129. The first kappa shape index (κ1) is 22.7. The van der Waals surface area contributed by atoms with Crippen LogP contribution in [0.15, 0.2) is 51.8 Å². The fraction of sp³-hybridized carbons (Fsp3) is 0.222. The van der Waals surface area contributed by atoms with Gasteiger partial charge in [-0.25, -0.2) is 17.2 Å². The molecule has 0 saturated carbocycles. The Kier molecular flexibility index (Phi) is 7.11. The van der Waals surface area contributed by atoms with Gasteiger partial charge in [-0.3, -0.25) is 14.9 Å². The first-order valence-electron chi connectivity index (χ1n) is 8.56. The van der Waals surface area contributed by atoms with Crippen molar-refractivity contribution in [3.8, 4) is 0 Å². The van der Waals surface area contributed by atoms with Crippen molar-refractivity contribution in [1.29, 1.82) is 0 Å². The van der Waals surface area contributed by atoms with E-state index in [4.69, 9.17) is 0 Å². The summed E-state index contributed by atoms with van der Waals surface area (Å²) in [6, 6.07) is 8.73. The van der Waals surface area contributed by atoms with Gasteiger partial charge in [0.2, 0.25) is 11.8 Å². The fourth-order valence-electron chi connectivity index (χ4n) is 2.66. The number of amides is 2. The molecule has 0 spiro atoms. The first-order valence-corrected chi connectivity index (χ1v) is 12.0. The number of rotatable bonds is 6. The van der Waals surface area contributed by atoms with Gasteiger partial charge in [-0.1, -0.05) is 15.9 Å². The van der Waals surface area contributed by atoms with E-state index in [-0.39, 0.29) is 22.9 Å². The molecule has 1 aliphatic rings. The van der Waals surface area contributed by atoms with Crippen molar-refractivity contribution >= 4 is 55.0 Å². The molecule has 0 radical (unpaired) electrons. The lowest BCUT2D eigenvalue weighted by Crippen LogP contribution is -2.59. The van der Waals surface area contributed by atoms with Crippen LogP contribution in [0.5, 0.6) is 0 Å². The molecule has 2 aromatic rings. The Hall–Kier alpha value is -2.02. The highest BCUT2D eigenvalue weighted by Gasteiger charge is 2.38. The second-order valence-corrected chi connectivity index (χ2v) is 10.4. The van der Waals surface area contributed by atoms with Crippen LogP contribution < -0.4 is 16.0 Å². The van der Waals surface area contributed by atoms with Crippen molar-refractivity contribution < 1.29 is 26.8 Å². The summed E-state index contributed by atoms with van der Waals surface area (Å²) >= 11 is 4.22. The highest BCUT2D eigenvalue weighted by Crippen LogP contribution is 2.22. The smallest absolute Gasteiger partial charge is 0.241 e. The molecule has 1 fully saturated rings. The highest BCUT2D eigenvalue weighted by atomic mass is 79.9. The predicted molar refractivity (Wildman–Crippen MR) is 112 cm³/mol. The monoisotopic (exact) mass is 519 g/mol. The predicted octanol–water partition coefficient (Wildman–Crippen LogP) is 2.24. The Morgan fingerprint density at radius 3 is 2.53 bits per heavy atom. The third-order valence-corrected chi connectivity index (χ3v) is 7.79. The zero-order valence-corrected chi connectivity index (χ0v) is 18.4. The van der Waals surface area contributed by atoms with Crippen LogP contribution >= 0.6 is 27.7 Å². The number of hydrogen-bond donors (Lipinski definition) is 3. The van der Waals surface area contributed by atoms with Crippen molar-refractivity contribution in [3.05, 3.63) is 58.6 Å². The van der Waals surface area contributed by atoms with Crippen LogP contribution in [0.2, 0.25) is 0 Å². The van der Waals surface area contributed by atoms with Gasteiger partial charge in [0.25, 0.3) is 0 Å². The van der Waals surface area contributed by atoms with Gasteiger partial charge in [0, 0.05) is 17.1 Å². The molecule has 1 heterocycles. The van der Waals surface area contributed by atoms with Gasteiger partial charge < -0.3 is 10.6 Å². The summed E-state index contributed by atoms with van der Waals surface area (Å²) < 4.78 is 52.6. The number of nitrogens with one attached hydrogen (secondary N) is 3. The van der Waals surface area contributed by atoms with E-state index in [9.17, 15) is 26.8 Å². The quantitative estimate of drug-likeness (QED) is 0.540. The molecule has 1 saturated heterocycles. The van der Waals surface area contributed by atoms with Crippen LogP contribution in [0.1, 0.15) is 0 Å². The average Bonchev–Trinajstić information content (AvgIpc) is 2.69. The van der Waals surface area contributed by atoms with Crippen LogP contribution in [0, 0.1) is 11.6 Å². The van der Waals surface area contributed by atoms with E-state index in [2.05, 4.69) is 31.9 Å². The van der Waals surface area contributed by atoms with Gasteiger partial charge in [-0.2, -0.15) is 0 Å². The molecule has 7 nitrogen and oxygen atoms in total. The van der Waals surface area contributed by atoms with Crippen LogP contribution in [0.25, 0.3) is 0 Å². The number of benzene rings is 2. The van der Waals surface area contributed by atoms with E-state index >= 15 is 0 Å². The molecule has 30 heavy (non-hydrogen) atoms. The second-order valence-electron chi connectivity index (χ2n) is 6.27. The summed E-state index contributed by atoms with van der Waals surface area (Å²) in [7, 11) is -3.89. The lowest BCUT2D eigenvalue weighted by molar-refractivity contribution is -0.122. The minimum atomic E-state index is -3.89. The minimum Gasteiger partial charge on any atom is -0.331 e. The van der Waals surface area contributed by atoms with Crippen molar-refractivity contribution in [1.82, 2.24) is 10.6 Å². The van der Waals surface area contributed by atoms with Crippen molar-refractivity contribution in [2.75, 3.05) is 17.6 Å². The molecule has 3 rings (SSSR count). The number of sulfone groups is 1. The van der Waals surface area contributed by atoms with Crippen molar-refractivity contribution in [2.45, 2.75) is 15.6 Å². The zero-order valence-electron chi connectivity index (χ0n) is 15.2. The molecule has 160 valence electrons. The summed E-state index contributed by atoms with van der Waals surface area (Å²) in [5, 5.41) is 6.37. The lowest BCUT2D eigenvalue weighted by atomic mass is 10.3. The van der Waals surface area contributed by atoms with Gasteiger partial charge in [-0.05, 0) is 36.4 Å². The maximum Gasteiger partial charge on any atom is 0.241 e. The number of hydrogen-bond acceptors (Lipinski definition) is 6. The standard InChI is InChI=1S/C18H16BrF2N3O4S2/c19-10-1-4-12(5-2-10)30(27,28)15-8-22-18(24-17(15)26)29-9-16(25)23-14-6-3-11(20)7-13(14)21/h1-7,15,18,22H,8-9H2,(H,23,25)(H,24,26). The molecule has 2 amide bonds. The van der Waals surface area contributed by atoms with E-state index in [1.807, 2.05) is 0 Å². The van der Waals surface area contributed by atoms with Gasteiger partial charge in [0.05, 0.1) is 16.3 Å². The molecule has 2 unspecified atom stereocenters. The van der Waals surface area contributed by atoms with Gasteiger partial charge in [0.1, 0.15) is 17.1 Å². The van der Waals surface area contributed by atoms with Crippen molar-refractivity contribution in [3.63, 3.8) is 0 Å². The Balaban J connectivity index is 1.54. The Bertz CT molecular complexity index is 1070. The first-order chi connectivity index (χ1) is 14.2. The largest absolute Gasteiger partial charge is 0.331 e. The molecular weight excluding hydrogens is 504 g/mol. The topological polar surface area (TPSA) is 104 Å². The van der Waals surface area contributed by atoms with E-state index in [0.29, 0.717) is 10.5 Å². The van der Waals surface area contributed by atoms with E-state index in [0.717, 1.165) is 23.9 Å². The number of anilines is 1. The summed E-state index contributed by atoms with van der Waals surface area (Å²) in [5.74, 6) is -3.07. The number of carbonyl (C=O) groups excluding carboxylic acids is 2. The van der Waals surface area contributed by atoms with Crippen molar-refractivity contribution in [2.24, 2.45) is 0 Å². The fourth-order valence-corrected chi connectivity index (χ4v) is 5.23. The Labute approximate surface area is 184 Å². The highest BCUT2D eigenvalue weighted by molar-refractivity contribution is 9.10. The third-order valence-electron chi connectivity index (χ3n) is 4.16. The van der Waals surface area contributed by atoms with Crippen LogP contribution in [0.4, 0.5) is 14.5 Å². The number of carbonyl (C=O) groups is 2. The zero-order chi connectivity index (χ0) is 21.9. The van der Waals surface area contributed by atoms with E-state index in [1.54, 1.807) is 12.1 Å². The van der Waals surface area contributed by atoms with Gasteiger partial charge in [0.15, 0.2) is 15.1 Å². The Morgan fingerprint density at radius 2 is 1.90 bits per heavy atom. The summed E-state index contributed by atoms with van der Waals surface area (Å²) in [4.78, 5) is 24.4. The number of thioether (sulfide) groups is 1. The maximum atomic E-state index is 13.6. The second kappa shape index (κ2) is 9.41. The van der Waals surface area contributed by atoms with Gasteiger partial charge >= 0.3 is 0 Å².